The summed E-state index contributed by atoms with van der Waals surface area (Å²) < 4.78 is 0.882. The van der Waals surface area contributed by atoms with E-state index in [9.17, 15) is 4.79 Å². The molecule has 0 aromatic carbocycles. The first-order valence-corrected chi connectivity index (χ1v) is 4.79. The molecule has 0 saturated carbocycles. The molecule has 1 aromatic rings. The minimum absolute atomic E-state index is 0.0624. The topological polar surface area (TPSA) is 30.0 Å². The molecule has 13 heavy (non-hydrogen) atoms. The van der Waals surface area contributed by atoms with Crippen LogP contribution in [-0.4, -0.2) is 10.8 Å². The molecule has 3 heteroatoms. The molecule has 0 amide bonds. The van der Waals surface area contributed by atoms with Crippen molar-refractivity contribution in [1.82, 2.24) is 4.98 Å². The Morgan fingerprint density at radius 3 is 2.92 bits per heavy atom. The Kier molecular flexibility index (Phi) is 3.83. The van der Waals surface area contributed by atoms with Gasteiger partial charge in [-0.3, -0.25) is 9.78 Å². The third-order valence-corrected chi connectivity index (χ3v) is 2.06. The number of allylic oxidation sites excluding steroid dienone is 1. The van der Waals surface area contributed by atoms with E-state index >= 15 is 0 Å². The summed E-state index contributed by atoms with van der Waals surface area (Å²) in [5, 5.41) is 0. The third-order valence-electron chi connectivity index (χ3n) is 1.59. The fourth-order valence-electron chi connectivity index (χ4n) is 0.902. The summed E-state index contributed by atoms with van der Waals surface area (Å²) in [6.45, 7) is 3.56. The van der Waals surface area contributed by atoms with Gasteiger partial charge in [0.05, 0.1) is 0 Å². The molecule has 0 N–H and O–H groups in total. The summed E-state index contributed by atoms with van der Waals surface area (Å²) in [6.07, 6.45) is 4.55. The van der Waals surface area contributed by atoms with Crippen molar-refractivity contribution in [2.24, 2.45) is 0 Å². The van der Waals surface area contributed by atoms with Crippen molar-refractivity contribution in [3.8, 4) is 0 Å². The van der Waals surface area contributed by atoms with Gasteiger partial charge in [0.2, 0.25) is 0 Å². The number of halogens is 1. The summed E-state index contributed by atoms with van der Waals surface area (Å²) in [5.74, 6) is 0.0624. The highest BCUT2D eigenvalue weighted by Gasteiger charge is 2.04. The second-order valence-electron chi connectivity index (χ2n) is 2.61. The van der Waals surface area contributed by atoms with E-state index in [1.165, 1.54) is 0 Å². The number of aromatic nitrogens is 1. The van der Waals surface area contributed by atoms with Crippen LogP contribution in [0.15, 0.2) is 35.5 Å². The lowest BCUT2D eigenvalue weighted by Crippen LogP contribution is -2.00. The second-order valence-corrected chi connectivity index (χ2v) is 3.53. The Morgan fingerprint density at radius 2 is 2.38 bits per heavy atom. The Bertz CT molecular complexity index is 305. The summed E-state index contributed by atoms with van der Waals surface area (Å²) in [4.78, 5) is 15.4. The van der Waals surface area contributed by atoms with Gasteiger partial charge in [-0.1, -0.05) is 6.08 Å². The van der Waals surface area contributed by atoms with Gasteiger partial charge in [-0.15, -0.1) is 6.58 Å². The van der Waals surface area contributed by atoms with Gasteiger partial charge in [0.25, 0.3) is 0 Å². The molecular formula is C10H10BrNO. The standard InChI is InChI=1S/C10H10BrNO/c1-2-3-4-10(13)9-6-5-8(11)7-12-9/h2,5-7H,1,3-4H2. The molecule has 0 spiro atoms. The van der Waals surface area contributed by atoms with Crippen molar-refractivity contribution in [2.75, 3.05) is 0 Å². The Morgan fingerprint density at radius 1 is 1.62 bits per heavy atom. The second kappa shape index (κ2) is 4.92. The van der Waals surface area contributed by atoms with Crippen LogP contribution in [0.4, 0.5) is 0 Å². The van der Waals surface area contributed by atoms with Crippen LogP contribution in [0, 0.1) is 0 Å². The van der Waals surface area contributed by atoms with E-state index in [1.54, 1.807) is 18.3 Å². The first-order chi connectivity index (χ1) is 6.24. The van der Waals surface area contributed by atoms with Crippen LogP contribution in [0.1, 0.15) is 23.3 Å². The predicted molar refractivity (Wildman–Crippen MR) is 55.7 cm³/mol. The van der Waals surface area contributed by atoms with Crippen molar-refractivity contribution in [3.05, 3.63) is 41.2 Å². The minimum Gasteiger partial charge on any atom is -0.292 e. The largest absolute Gasteiger partial charge is 0.292 e. The zero-order chi connectivity index (χ0) is 9.68. The summed E-state index contributed by atoms with van der Waals surface area (Å²) in [7, 11) is 0. The molecule has 0 unspecified atom stereocenters. The monoisotopic (exact) mass is 239 g/mol. The van der Waals surface area contributed by atoms with E-state index in [-0.39, 0.29) is 5.78 Å². The van der Waals surface area contributed by atoms with Crippen LogP contribution in [0.5, 0.6) is 0 Å². The highest BCUT2D eigenvalue weighted by molar-refractivity contribution is 9.10. The maximum atomic E-state index is 11.4. The first kappa shape index (κ1) is 10.1. The zero-order valence-electron chi connectivity index (χ0n) is 7.16. The average Bonchev–Trinajstić information content (AvgIpc) is 2.15. The first-order valence-electron chi connectivity index (χ1n) is 3.99. The maximum Gasteiger partial charge on any atom is 0.181 e. The van der Waals surface area contributed by atoms with Crippen LogP contribution in [-0.2, 0) is 0 Å². The number of ketones is 1. The molecule has 0 saturated heterocycles. The number of carbonyl (C=O) groups is 1. The van der Waals surface area contributed by atoms with Gasteiger partial charge in [0.15, 0.2) is 5.78 Å². The predicted octanol–water partition coefficient (Wildman–Crippen LogP) is 2.99. The Labute approximate surface area is 85.8 Å². The van der Waals surface area contributed by atoms with Gasteiger partial charge in [-0.2, -0.15) is 0 Å². The van der Waals surface area contributed by atoms with Crippen molar-refractivity contribution in [2.45, 2.75) is 12.8 Å². The van der Waals surface area contributed by atoms with Crippen LogP contribution in [0.2, 0.25) is 0 Å². The van der Waals surface area contributed by atoms with Gasteiger partial charge in [0, 0.05) is 17.1 Å². The summed E-state index contributed by atoms with van der Waals surface area (Å²) in [6, 6.07) is 3.53. The fraction of sp³-hybridized carbons (Fsp3) is 0.200. The number of hydrogen-bond acceptors (Lipinski definition) is 2. The molecule has 0 atom stereocenters. The molecule has 0 fully saturated rings. The van der Waals surface area contributed by atoms with Crippen LogP contribution in [0.3, 0.4) is 0 Å². The number of pyridine rings is 1. The molecule has 2 nitrogen and oxygen atoms in total. The zero-order valence-corrected chi connectivity index (χ0v) is 8.75. The molecule has 0 bridgehead atoms. The number of carbonyl (C=O) groups excluding carboxylic acids is 1. The SMILES string of the molecule is C=CCCC(=O)c1ccc(Br)cn1. The van der Waals surface area contributed by atoms with Crippen molar-refractivity contribution < 1.29 is 4.79 Å². The van der Waals surface area contributed by atoms with Gasteiger partial charge >= 0.3 is 0 Å². The third kappa shape index (κ3) is 3.11. The normalized spacial score (nSPS) is 9.62. The highest BCUT2D eigenvalue weighted by atomic mass is 79.9. The maximum absolute atomic E-state index is 11.4. The van der Waals surface area contributed by atoms with E-state index < -0.39 is 0 Å². The fourth-order valence-corrected chi connectivity index (χ4v) is 1.14. The number of rotatable bonds is 4. The molecule has 1 heterocycles. The Balaban J connectivity index is 2.66. The highest BCUT2D eigenvalue weighted by Crippen LogP contribution is 2.09. The lowest BCUT2D eigenvalue weighted by Gasteiger charge is -1.97. The van der Waals surface area contributed by atoms with Crippen molar-refractivity contribution in [1.29, 1.82) is 0 Å². The smallest absolute Gasteiger partial charge is 0.181 e. The summed E-state index contributed by atoms with van der Waals surface area (Å²) in [5.41, 5.74) is 0.519. The number of nitrogens with zero attached hydrogens (tertiary/aromatic N) is 1. The van der Waals surface area contributed by atoms with Crippen LogP contribution >= 0.6 is 15.9 Å². The molecule has 0 radical (unpaired) electrons. The van der Waals surface area contributed by atoms with Crippen molar-refractivity contribution >= 4 is 21.7 Å². The van der Waals surface area contributed by atoms with E-state index in [4.69, 9.17) is 0 Å². The van der Waals surface area contributed by atoms with E-state index in [2.05, 4.69) is 27.5 Å². The molecule has 0 aliphatic carbocycles. The Hall–Kier alpha value is -0.960. The van der Waals surface area contributed by atoms with Gasteiger partial charge in [-0.05, 0) is 34.5 Å². The van der Waals surface area contributed by atoms with E-state index in [0.717, 1.165) is 4.47 Å². The molecular weight excluding hydrogens is 230 g/mol. The van der Waals surface area contributed by atoms with Crippen LogP contribution < -0.4 is 0 Å². The lowest BCUT2D eigenvalue weighted by atomic mass is 10.1. The van der Waals surface area contributed by atoms with E-state index in [0.29, 0.717) is 18.5 Å². The number of Topliss-reactive ketones (excluding diaryl/α,β-unsaturated/α-hetero) is 1. The van der Waals surface area contributed by atoms with Gasteiger partial charge in [0.1, 0.15) is 5.69 Å². The summed E-state index contributed by atoms with van der Waals surface area (Å²) >= 11 is 3.26. The van der Waals surface area contributed by atoms with Gasteiger partial charge in [-0.25, -0.2) is 0 Å². The lowest BCUT2D eigenvalue weighted by molar-refractivity contribution is 0.0979. The number of hydrogen-bond donors (Lipinski definition) is 0. The molecule has 0 aliphatic rings. The van der Waals surface area contributed by atoms with Gasteiger partial charge < -0.3 is 0 Å². The molecule has 0 aliphatic heterocycles. The van der Waals surface area contributed by atoms with Crippen molar-refractivity contribution in [3.63, 3.8) is 0 Å². The minimum atomic E-state index is 0.0624. The average molecular weight is 240 g/mol. The van der Waals surface area contributed by atoms with Crippen LogP contribution in [0.25, 0.3) is 0 Å². The quantitative estimate of drug-likeness (QED) is 0.598. The molecule has 1 aromatic heterocycles. The van der Waals surface area contributed by atoms with E-state index in [1.807, 2.05) is 6.07 Å². The molecule has 1 rings (SSSR count). The molecule has 68 valence electrons.